The Labute approximate surface area is 114 Å². The van der Waals surface area contributed by atoms with Crippen molar-refractivity contribution in [2.75, 3.05) is 12.9 Å². The van der Waals surface area contributed by atoms with E-state index in [1.165, 1.54) is 5.56 Å². The molecule has 2 rings (SSSR count). The van der Waals surface area contributed by atoms with Crippen molar-refractivity contribution < 1.29 is 17.3 Å². The van der Waals surface area contributed by atoms with Gasteiger partial charge in [0.1, 0.15) is 0 Å². The van der Waals surface area contributed by atoms with Crippen molar-refractivity contribution >= 4 is 10.1 Å². The number of hydrogen-bond acceptors (Lipinski definition) is 4. The lowest BCUT2D eigenvalue weighted by Gasteiger charge is -2.33. The van der Waals surface area contributed by atoms with E-state index in [-0.39, 0.29) is 6.10 Å². The first-order valence-electron chi connectivity index (χ1n) is 6.53. The highest BCUT2D eigenvalue weighted by Gasteiger charge is 2.31. The monoisotopic (exact) mass is 284 g/mol. The van der Waals surface area contributed by atoms with Gasteiger partial charge in [-0.25, -0.2) is 0 Å². The molecule has 0 aliphatic heterocycles. The molecule has 0 atom stereocenters. The summed E-state index contributed by atoms with van der Waals surface area (Å²) in [6.07, 6.45) is 3.60. The molecule has 0 saturated heterocycles. The van der Waals surface area contributed by atoms with Crippen LogP contribution in [-0.2, 0) is 25.6 Å². The lowest BCUT2D eigenvalue weighted by atomic mass is 9.80. The largest absolute Gasteiger partial charge is 0.377 e. The summed E-state index contributed by atoms with van der Waals surface area (Å²) in [4.78, 5) is 0. The summed E-state index contributed by atoms with van der Waals surface area (Å²) in [6, 6.07) is 10.1. The molecule has 1 fully saturated rings. The Morgan fingerprint density at radius 1 is 1.21 bits per heavy atom. The van der Waals surface area contributed by atoms with Crippen molar-refractivity contribution in [3.63, 3.8) is 0 Å². The zero-order chi connectivity index (χ0) is 13.7. The van der Waals surface area contributed by atoms with E-state index in [1.807, 2.05) is 30.3 Å². The Bertz CT molecular complexity index is 477. The number of ether oxygens (including phenoxy) is 1. The molecule has 0 spiro atoms. The van der Waals surface area contributed by atoms with Gasteiger partial charge in [-0.3, -0.25) is 4.18 Å². The van der Waals surface area contributed by atoms with Crippen LogP contribution in [0, 0.1) is 5.92 Å². The predicted octanol–water partition coefficient (Wildman–Crippen LogP) is 2.35. The van der Waals surface area contributed by atoms with Crippen LogP contribution in [-0.4, -0.2) is 27.4 Å². The first-order chi connectivity index (χ1) is 9.03. The molecule has 106 valence electrons. The van der Waals surface area contributed by atoms with Gasteiger partial charge in [0.15, 0.2) is 0 Å². The molecule has 5 heteroatoms. The smallest absolute Gasteiger partial charge is 0.264 e. The van der Waals surface area contributed by atoms with Crippen LogP contribution in [0.3, 0.4) is 0 Å². The Morgan fingerprint density at radius 3 is 2.53 bits per heavy atom. The SMILES string of the molecule is CS(=O)(=O)O[C@H]1C[C@H](CCOCc2ccccc2)C1. The summed E-state index contributed by atoms with van der Waals surface area (Å²) in [5.74, 6) is 0.530. The van der Waals surface area contributed by atoms with Crippen molar-refractivity contribution in [2.24, 2.45) is 5.92 Å². The van der Waals surface area contributed by atoms with E-state index in [0.717, 1.165) is 25.5 Å². The van der Waals surface area contributed by atoms with Crippen LogP contribution in [0.15, 0.2) is 30.3 Å². The maximum absolute atomic E-state index is 10.9. The van der Waals surface area contributed by atoms with Gasteiger partial charge >= 0.3 is 0 Å². The Morgan fingerprint density at radius 2 is 1.89 bits per heavy atom. The van der Waals surface area contributed by atoms with Crippen molar-refractivity contribution in [3.05, 3.63) is 35.9 Å². The normalized spacial score (nSPS) is 23.0. The van der Waals surface area contributed by atoms with Crippen LogP contribution in [0.2, 0.25) is 0 Å². The fourth-order valence-corrected chi connectivity index (χ4v) is 2.90. The molecule has 1 aliphatic rings. The lowest BCUT2D eigenvalue weighted by molar-refractivity contribution is 0.0381. The van der Waals surface area contributed by atoms with Crippen molar-refractivity contribution in [3.8, 4) is 0 Å². The standard InChI is InChI=1S/C14H20O4S/c1-19(15,16)18-14-9-13(10-14)7-8-17-11-12-5-3-2-4-6-12/h2-6,13-14H,7-11H2,1H3/t13-,14-. The third-order valence-electron chi connectivity index (χ3n) is 3.29. The number of hydrogen-bond donors (Lipinski definition) is 0. The van der Waals surface area contributed by atoms with Gasteiger partial charge < -0.3 is 4.74 Å². The molecule has 0 unspecified atom stereocenters. The van der Waals surface area contributed by atoms with Crippen LogP contribution in [0.1, 0.15) is 24.8 Å². The topological polar surface area (TPSA) is 52.6 Å². The molecular formula is C14H20O4S. The quantitative estimate of drug-likeness (QED) is 0.569. The van der Waals surface area contributed by atoms with Crippen molar-refractivity contribution in [1.82, 2.24) is 0 Å². The minimum Gasteiger partial charge on any atom is -0.377 e. The highest BCUT2D eigenvalue weighted by atomic mass is 32.2. The molecule has 1 aromatic carbocycles. The second kappa shape index (κ2) is 6.50. The van der Waals surface area contributed by atoms with Crippen molar-refractivity contribution in [1.29, 1.82) is 0 Å². The van der Waals surface area contributed by atoms with E-state index >= 15 is 0 Å². The van der Waals surface area contributed by atoms with Gasteiger partial charge in [-0.2, -0.15) is 8.42 Å². The zero-order valence-electron chi connectivity index (χ0n) is 11.1. The summed E-state index contributed by atoms with van der Waals surface area (Å²) in [7, 11) is -3.30. The summed E-state index contributed by atoms with van der Waals surface area (Å²) in [6.45, 7) is 1.35. The van der Waals surface area contributed by atoms with Gasteiger partial charge in [0.2, 0.25) is 0 Å². The van der Waals surface area contributed by atoms with Gasteiger partial charge in [0.25, 0.3) is 10.1 Å². The Balaban J connectivity index is 1.54. The van der Waals surface area contributed by atoms with E-state index in [4.69, 9.17) is 8.92 Å². The Kier molecular flexibility index (Phi) is 4.96. The molecule has 0 bridgehead atoms. The predicted molar refractivity (Wildman–Crippen MR) is 73.2 cm³/mol. The van der Waals surface area contributed by atoms with Gasteiger partial charge in [-0.15, -0.1) is 0 Å². The molecule has 1 aromatic rings. The summed E-state index contributed by atoms with van der Waals surface area (Å²) in [5.41, 5.74) is 1.18. The molecule has 4 nitrogen and oxygen atoms in total. The van der Waals surface area contributed by atoms with E-state index in [2.05, 4.69) is 0 Å². The van der Waals surface area contributed by atoms with Gasteiger partial charge in [0.05, 0.1) is 19.0 Å². The molecule has 19 heavy (non-hydrogen) atoms. The minimum absolute atomic E-state index is 0.117. The lowest BCUT2D eigenvalue weighted by Crippen LogP contribution is -2.33. The second-order valence-corrected chi connectivity index (χ2v) is 6.69. The molecule has 0 radical (unpaired) electrons. The van der Waals surface area contributed by atoms with E-state index in [0.29, 0.717) is 19.1 Å². The average Bonchev–Trinajstić information content (AvgIpc) is 2.30. The summed E-state index contributed by atoms with van der Waals surface area (Å²) in [5, 5.41) is 0. The molecule has 1 saturated carbocycles. The van der Waals surface area contributed by atoms with Gasteiger partial charge in [0, 0.05) is 6.61 Å². The van der Waals surface area contributed by atoms with Crippen LogP contribution >= 0.6 is 0 Å². The van der Waals surface area contributed by atoms with Gasteiger partial charge in [-0.05, 0) is 30.7 Å². The van der Waals surface area contributed by atoms with Crippen LogP contribution in [0.4, 0.5) is 0 Å². The molecule has 0 N–H and O–H groups in total. The maximum atomic E-state index is 10.9. The fraction of sp³-hybridized carbons (Fsp3) is 0.571. The average molecular weight is 284 g/mol. The van der Waals surface area contributed by atoms with Crippen LogP contribution in [0.25, 0.3) is 0 Å². The number of rotatable bonds is 7. The first-order valence-corrected chi connectivity index (χ1v) is 8.34. The Hall–Kier alpha value is -0.910. The maximum Gasteiger partial charge on any atom is 0.264 e. The second-order valence-electron chi connectivity index (χ2n) is 5.09. The van der Waals surface area contributed by atoms with Crippen LogP contribution < -0.4 is 0 Å². The van der Waals surface area contributed by atoms with Crippen LogP contribution in [0.5, 0.6) is 0 Å². The van der Waals surface area contributed by atoms with E-state index in [1.54, 1.807) is 0 Å². The zero-order valence-corrected chi connectivity index (χ0v) is 11.9. The molecular weight excluding hydrogens is 264 g/mol. The minimum atomic E-state index is -3.30. The highest BCUT2D eigenvalue weighted by molar-refractivity contribution is 7.86. The summed E-state index contributed by atoms with van der Waals surface area (Å²) < 4.78 is 32.3. The third-order valence-corrected chi connectivity index (χ3v) is 3.91. The molecule has 0 aromatic heterocycles. The third kappa shape index (κ3) is 5.30. The fourth-order valence-electron chi connectivity index (χ4n) is 2.25. The molecule has 0 amide bonds. The van der Waals surface area contributed by atoms with Crippen molar-refractivity contribution in [2.45, 2.75) is 32.0 Å². The molecule has 1 aliphatic carbocycles. The van der Waals surface area contributed by atoms with E-state index < -0.39 is 10.1 Å². The molecule has 0 heterocycles. The van der Waals surface area contributed by atoms with E-state index in [9.17, 15) is 8.42 Å². The highest BCUT2D eigenvalue weighted by Crippen LogP contribution is 2.33. The number of benzene rings is 1. The summed E-state index contributed by atoms with van der Waals surface area (Å²) >= 11 is 0. The van der Waals surface area contributed by atoms with Gasteiger partial charge in [-0.1, -0.05) is 30.3 Å². The first kappa shape index (κ1) is 14.5.